The van der Waals surface area contributed by atoms with Gasteiger partial charge in [-0.1, -0.05) is 13.3 Å². The third kappa shape index (κ3) is 3.69. The smallest absolute Gasteiger partial charge is 0.239 e. The highest BCUT2D eigenvalue weighted by atomic mass is 16.5. The number of nitrogens with zero attached hydrogens (tertiary/aromatic N) is 1. The van der Waals surface area contributed by atoms with E-state index in [1.54, 1.807) is 0 Å². The lowest BCUT2D eigenvalue weighted by Crippen LogP contribution is -2.52. The topological polar surface area (TPSA) is 41.6 Å². The SMILES string of the molecule is CCCOC1CCCN(C(=O)[C@@H]2CCCCN2)C1. The molecule has 0 bridgehead atoms. The lowest BCUT2D eigenvalue weighted by molar-refractivity contribution is -0.138. The fraction of sp³-hybridized carbons (Fsp3) is 0.929. The zero-order chi connectivity index (χ0) is 12.8. The van der Waals surface area contributed by atoms with Crippen LogP contribution in [0, 0.1) is 0 Å². The molecule has 0 aromatic carbocycles. The number of amides is 1. The fourth-order valence-corrected chi connectivity index (χ4v) is 2.84. The van der Waals surface area contributed by atoms with E-state index < -0.39 is 0 Å². The summed E-state index contributed by atoms with van der Waals surface area (Å²) in [5.74, 6) is 0.291. The van der Waals surface area contributed by atoms with Crippen LogP contribution in [-0.2, 0) is 9.53 Å². The maximum Gasteiger partial charge on any atom is 0.239 e. The molecule has 2 fully saturated rings. The molecule has 0 aliphatic carbocycles. The second kappa shape index (κ2) is 7.10. The van der Waals surface area contributed by atoms with Crippen LogP contribution in [0.2, 0.25) is 0 Å². The molecule has 0 spiro atoms. The van der Waals surface area contributed by atoms with Crippen molar-refractivity contribution in [2.24, 2.45) is 0 Å². The van der Waals surface area contributed by atoms with Gasteiger partial charge in [-0.25, -0.2) is 0 Å². The quantitative estimate of drug-likeness (QED) is 0.827. The van der Waals surface area contributed by atoms with E-state index in [0.29, 0.717) is 5.91 Å². The third-order valence-corrected chi connectivity index (χ3v) is 3.86. The van der Waals surface area contributed by atoms with Crippen molar-refractivity contribution in [2.75, 3.05) is 26.2 Å². The Balaban J connectivity index is 1.81. The first-order valence-electron chi connectivity index (χ1n) is 7.45. The molecular weight excluding hydrogens is 228 g/mol. The Bertz CT molecular complexity index is 265. The summed E-state index contributed by atoms with van der Waals surface area (Å²) in [6, 6.07) is 0.0590. The van der Waals surface area contributed by atoms with Crippen molar-refractivity contribution >= 4 is 5.91 Å². The first-order valence-corrected chi connectivity index (χ1v) is 7.45. The summed E-state index contributed by atoms with van der Waals surface area (Å²) in [7, 11) is 0. The van der Waals surface area contributed by atoms with Crippen molar-refractivity contribution in [3.8, 4) is 0 Å². The maximum absolute atomic E-state index is 12.4. The Kier molecular flexibility index (Phi) is 5.45. The number of carbonyl (C=O) groups excluding carboxylic acids is 1. The van der Waals surface area contributed by atoms with Gasteiger partial charge in [0.2, 0.25) is 5.91 Å². The molecule has 18 heavy (non-hydrogen) atoms. The van der Waals surface area contributed by atoms with E-state index in [0.717, 1.165) is 51.9 Å². The average molecular weight is 254 g/mol. The van der Waals surface area contributed by atoms with Crippen LogP contribution in [-0.4, -0.2) is 49.2 Å². The van der Waals surface area contributed by atoms with E-state index in [2.05, 4.69) is 12.2 Å². The van der Waals surface area contributed by atoms with Crippen LogP contribution in [0.15, 0.2) is 0 Å². The Morgan fingerprint density at radius 1 is 1.33 bits per heavy atom. The summed E-state index contributed by atoms with van der Waals surface area (Å²) < 4.78 is 5.79. The fourth-order valence-electron chi connectivity index (χ4n) is 2.84. The van der Waals surface area contributed by atoms with Crippen LogP contribution in [0.1, 0.15) is 45.4 Å². The van der Waals surface area contributed by atoms with E-state index in [1.165, 1.54) is 12.8 Å². The van der Waals surface area contributed by atoms with Gasteiger partial charge >= 0.3 is 0 Å². The molecule has 0 aromatic heterocycles. The minimum Gasteiger partial charge on any atom is -0.376 e. The van der Waals surface area contributed by atoms with Crippen LogP contribution in [0.3, 0.4) is 0 Å². The van der Waals surface area contributed by atoms with Gasteiger partial charge in [-0.05, 0) is 38.6 Å². The summed E-state index contributed by atoms with van der Waals surface area (Å²) in [6.45, 7) is 5.62. The van der Waals surface area contributed by atoms with Crippen molar-refractivity contribution in [3.05, 3.63) is 0 Å². The summed E-state index contributed by atoms with van der Waals surface area (Å²) >= 11 is 0. The number of rotatable bonds is 4. The molecule has 0 saturated carbocycles. The molecule has 0 radical (unpaired) electrons. The van der Waals surface area contributed by atoms with E-state index in [4.69, 9.17) is 4.74 Å². The molecule has 2 aliphatic rings. The Labute approximate surface area is 110 Å². The summed E-state index contributed by atoms with van der Waals surface area (Å²) in [5.41, 5.74) is 0. The number of ether oxygens (including phenoxy) is 1. The highest BCUT2D eigenvalue weighted by molar-refractivity contribution is 5.82. The Hall–Kier alpha value is -0.610. The number of carbonyl (C=O) groups is 1. The minimum atomic E-state index is 0.0590. The van der Waals surface area contributed by atoms with Crippen LogP contribution < -0.4 is 5.32 Å². The van der Waals surface area contributed by atoms with E-state index in [9.17, 15) is 4.79 Å². The molecular formula is C14H26N2O2. The van der Waals surface area contributed by atoms with E-state index in [1.807, 2.05) is 4.90 Å². The summed E-state index contributed by atoms with van der Waals surface area (Å²) in [4.78, 5) is 14.4. The standard InChI is InChI=1S/C14H26N2O2/c1-2-10-18-12-6-5-9-16(11-12)14(17)13-7-3-4-8-15-13/h12-13,15H,2-11H2,1H3/t12?,13-/m0/s1. The lowest BCUT2D eigenvalue weighted by atomic mass is 10.0. The van der Waals surface area contributed by atoms with Gasteiger partial charge in [0.25, 0.3) is 0 Å². The minimum absolute atomic E-state index is 0.0590. The van der Waals surface area contributed by atoms with Crippen molar-refractivity contribution in [1.29, 1.82) is 0 Å². The molecule has 2 saturated heterocycles. The van der Waals surface area contributed by atoms with Crippen LogP contribution >= 0.6 is 0 Å². The predicted molar refractivity (Wildman–Crippen MR) is 71.5 cm³/mol. The van der Waals surface area contributed by atoms with Crippen LogP contribution in [0.4, 0.5) is 0 Å². The average Bonchev–Trinajstić information content (AvgIpc) is 2.45. The van der Waals surface area contributed by atoms with Gasteiger partial charge in [0.1, 0.15) is 0 Å². The van der Waals surface area contributed by atoms with Gasteiger partial charge in [0.05, 0.1) is 12.1 Å². The number of nitrogens with one attached hydrogen (secondary N) is 1. The second-order valence-corrected chi connectivity index (χ2v) is 5.42. The van der Waals surface area contributed by atoms with Crippen molar-refractivity contribution < 1.29 is 9.53 Å². The first-order chi connectivity index (χ1) is 8.81. The second-order valence-electron chi connectivity index (χ2n) is 5.42. The molecule has 1 N–H and O–H groups in total. The summed E-state index contributed by atoms with van der Waals surface area (Å²) in [5, 5.41) is 3.34. The molecule has 4 heteroatoms. The number of likely N-dealkylation sites (tertiary alicyclic amines) is 1. The van der Waals surface area contributed by atoms with E-state index >= 15 is 0 Å². The van der Waals surface area contributed by atoms with Crippen molar-refractivity contribution in [2.45, 2.75) is 57.6 Å². The monoisotopic (exact) mass is 254 g/mol. The molecule has 2 aliphatic heterocycles. The lowest BCUT2D eigenvalue weighted by Gasteiger charge is -2.36. The molecule has 104 valence electrons. The predicted octanol–water partition coefficient (Wildman–Crippen LogP) is 1.55. The Morgan fingerprint density at radius 3 is 2.94 bits per heavy atom. The van der Waals surface area contributed by atoms with Gasteiger partial charge in [-0.2, -0.15) is 0 Å². The summed E-state index contributed by atoms with van der Waals surface area (Å²) in [6.07, 6.45) is 6.85. The Morgan fingerprint density at radius 2 is 2.22 bits per heavy atom. The van der Waals surface area contributed by atoms with Gasteiger partial charge in [-0.15, -0.1) is 0 Å². The maximum atomic E-state index is 12.4. The number of hydrogen-bond acceptors (Lipinski definition) is 3. The molecule has 4 nitrogen and oxygen atoms in total. The van der Waals surface area contributed by atoms with Crippen LogP contribution in [0.5, 0.6) is 0 Å². The zero-order valence-electron chi connectivity index (χ0n) is 11.5. The molecule has 1 unspecified atom stereocenters. The van der Waals surface area contributed by atoms with Crippen molar-refractivity contribution in [3.63, 3.8) is 0 Å². The highest BCUT2D eigenvalue weighted by Crippen LogP contribution is 2.17. The molecule has 2 rings (SSSR count). The highest BCUT2D eigenvalue weighted by Gasteiger charge is 2.29. The van der Waals surface area contributed by atoms with Gasteiger partial charge in [-0.3, -0.25) is 4.79 Å². The van der Waals surface area contributed by atoms with E-state index in [-0.39, 0.29) is 12.1 Å². The van der Waals surface area contributed by atoms with Crippen LogP contribution in [0.25, 0.3) is 0 Å². The molecule has 2 atom stereocenters. The molecule has 0 aromatic rings. The van der Waals surface area contributed by atoms with Gasteiger partial charge < -0.3 is 15.0 Å². The van der Waals surface area contributed by atoms with Gasteiger partial charge in [0.15, 0.2) is 0 Å². The number of piperidine rings is 2. The third-order valence-electron chi connectivity index (χ3n) is 3.86. The number of hydrogen-bond donors (Lipinski definition) is 1. The van der Waals surface area contributed by atoms with Crippen molar-refractivity contribution in [1.82, 2.24) is 10.2 Å². The largest absolute Gasteiger partial charge is 0.376 e. The zero-order valence-corrected chi connectivity index (χ0v) is 11.5. The molecule has 1 amide bonds. The van der Waals surface area contributed by atoms with Gasteiger partial charge in [0, 0.05) is 19.7 Å². The first kappa shape index (κ1) is 13.8. The normalized spacial score (nSPS) is 29.3. The molecule has 2 heterocycles.